The van der Waals surface area contributed by atoms with Gasteiger partial charge in [-0.05, 0) is 49.5 Å². The molecule has 5 heteroatoms. The molecule has 118 valence electrons. The highest BCUT2D eigenvalue weighted by molar-refractivity contribution is 5.97. The molecule has 3 atom stereocenters. The van der Waals surface area contributed by atoms with E-state index < -0.39 is 5.97 Å². The van der Waals surface area contributed by atoms with Crippen molar-refractivity contribution in [2.45, 2.75) is 32.1 Å². The Balaban J connectivity index is 1.50. The Morgan fingerprint density at radius 2 is 2.09 bits per heavy atom. The van der Waals surface area contributed by atoms with Gasteiger partial charge in [-0.3, -0.25) is 9.78 Å². The fraction of sp³-hybridized carbons (Fsp3) is 0.588. The summed E-state index contributed by atoms with van der Waals surface area (Å²) in [6.07, 6.45) is 9.42. The number of pyridine rings is 1. The highest BCUT2D eigenvalue weighted by Crippen LogP contribution is 2.49. The van der Waals surface area contributed by atoms with Gasteiger partial charge in [-0.25, -0.2) is 4.79 Å². The van der Waals surface area contributed by atoms with E-state index in [0.29, 0.717) is 17.7 Å². The molecule has 2 fully saturated rings. The summed E-state index contributed by atoms with van der Waals surface area (Å²) in [5, 5.41) is 2.94. The lowest BCUT2D eigenvalue weighted by Gasteiger charge is -2.21. The Morgan fingerprint density at radius 3 is 2.77 bits per heavy atom. The van der Waals surface area contributed by atoms with Gasteiger partial charge in [0.05, 0.1) is 18.2 Å². The summed E-state index contributed by atoms with van der Waals surface area (Å²) < 4.78 is 4.64. The average molecular weight is 302 g/mol. The van der Waals surface area contributed by atoms with Gasteiger partial charge in [-0.2, -0.15) is 0 Å². The highest BCUT2D eigenvalue weighted by Gasteiger charge is 2.38. The zero-order chi connectivity index (χ0) is 15.5. The van der Waals surface area contributed by atoms with Gasteiger partial charge in [0, 0.05) is 18.9 Å². The van der Waals surface area contributed by atoms with Gasteiger partial charge in [0.1, 0.15) is 0 Å². The lowest BCUT2D eigenvalue weighted by atomic mass is 9.86. The van der Waals surface area contributed by atoms with E-state index in [2.05, 4.69) is 15.0 Å². The van der Waals surface area contributed by atoms with Gasteiger partial charge in [0.25, 0.3) is 5.91 Å². The van der Waals surface area contributed by atoms with E-state index >= 15 is 0 Å². The average Bonchev–Trinajstić information content (AvgIpc) is 3.17. The van der Waals surface area contributed by atoms with E-state index in [4.69, 9.17) is 0 Å². The predicted octanol–water partition coefficient (Wildman–Crippen LogP) is 2.42. The van der Waals surface area contributed by atoms with Crippen LogP contribution in [-0.4, -0.2) is 30.5 Å². The number of aromatic nitrogens is 1. The topological polar surface area (TPSA) is 68.3 Å². The normalized spacial score (nSPS) is 26.0. The molecule has 1 amide bonds. The molecule has 5 nitrogen and oxygen atoms in total. The fourth-order valence-corrected chi connectivity index (χ4v) is 4.00. The molecule has 0 spiro atoms. The Bertz CT molecular complexity index is 573. The zero-order valence-corrected chi connectivity index (χ0v) is 12.9. The minimum absolute atomic E-state index is 0.179. The maximum Gasteiger partial charge on any atom is 0.339 e. The molecule has 0 unspecified atom stereocenters. The number of hydrogen-bond acceptors (Lipinski definition) is 4. The van der Waals surface area contributed by atoms with Crippen LogP contribution in [0.5, 0.6) is 0 Å². The van der Waals surface area contributed by atoms with Crippen LogP contribution in [0.3, 0.4) is 0 Å². The SMILES string of the molecule is COC(=O)c1cncc(C(=O)NCC[C@H]2C[C@H]3CC[C@H]2C3)c1. The fourth-order valence-electron chi connectivity index (χ4n) is 4.00. The Labute approximate surface area is 130 Å². The van der Waals surface area contributed by atoms with Gasteiger partial charge < -0.3 is 10.1 Å². The summed E-state index contributed by atoms with van der Waals surface area (Å²) in [7, 11) is 1.31. The van der Waals surface area contributed by atoms with Crippen LogP contribution in [0.1, 0.15) is 52.8 Å². The first-order chi connectivity index (χ1) is 10.7. The smallest absolute Gasteiger partial charge is 0.339 e. The molecule has 2 aliphatic carbocycles. The van der Waals surface area contributed by atoms with Gasteiger partial charge in [-0.15, -0.1) is 0 Å². The minimum atomic E-state index is -0.482. The number of ether oxygens (including phenoxy) is 1. The molecule has 0 aliphatic heterocycles. The number of fused-ring (bicyclic) bond motifs is 2. The van der Waals surface area contributed by atoms with E-state index in [1.807, 2.05) is 0 Å². The maximum atomic E-state index is 12.1. The molecular formula is C17H22N2O3. The van der Waals surface area contributed by atoms with Crippen molar-refractivity contribution in [1.29, 1.82) is 0 Å². The van der Waals surface area contributed by atoms with Crippen molar-refractivity contribution in [2.24, 2.45) is 17.8 Å². The van der Waals surface area contributed by atoms with Crippen LogP contribution >= 0.6 is 0 Å². The molecule has 2 bridgehead atoms. The quantitative estimate of drug-likeness (QED) is 0.848. The van der Waals surface area contributed by atoms with Gasteiger partial charge in [-0.1, -0.05) is 6.42 Å². The first kappa shape index (κ1) is 15.0. The third kappa shape index (κ3) is 3.13. The van der Waals surface area contributed by atoms with Crippen molar-refractivity contribution in [1.82, 2.24) is 10.3 Å². The van der Waals surface area contributed by atoms with E-state index in [9.17, 15) is 9.59 Å². The summed E-state index contributed by atoms with van der Waals surface area (Å²) >= 11 is 0. The van der Waals surface area contributed by atoms with Crippen molar-refractivity contribution >= 4 is 11.9 Å². The number of carbonyl (C=O) groups is 2. The van der Waals surface area contributed by atoms with Crippen LogP contribution in [0.4, 0.5) is 0 Å². The summed E-state index contributed by atoms with van der Waals surface area (Å²) in [6, 6.07) is 1.52. The molecule has 1 N–H and O–H groups in total. The van der Waals surface area contributed by atoms with Crippen LogP contribution in [0.2, 0.25) is 0 Å². The van der Waals surface area contributed by atoms with Crippen molar-refractivity contribution in [3.8, 4) is 0 Å². The molecule has 1 heterocycles. The van der Waals surface area contributed by atoms with Crippen LogP contribution in [-0.2, 0) is 4.74 Å². The molecular weight excluding hydrogens is 280 g/mol. The number of hydrogen-bond donors (Lipinski definition) is 1. The highest BCUT2D eigenvalue weighted by atomic mass is 16.5. The minimum Gasteiger partial charge on any atom is -0.465 e. The van der Waals surface area contributed by atoms with Gasteiger partial charge in [0.2, 0.25) is 0 Å². The van der Waals surface area contributed by atoms with Crippen molar-refractivity contribution in [2.75, 3.05) is 13.7 Å². The van der Waals surface area contributed by atoms with E-state index in [-0.39, 0.29) is 5.91 Å². The Kier molecular flexibility index (Phi) is 4.41. The van der Waals surface area contributed by atoms with Crippen molar-refractivity contribution < 1.29 is 14.3 Å². The monoisotopic (exact) mass is 302 g/mol. The molecule has 0 aromatic carbocycles. The summed E-state index contributed by atoms with van der Waals surface area (Å²) in [5.41, 5.74) is 0.694. The van der Waals surface area contributed by atoms with Crippen LogP contribution < -0.4 is 5.32 Å². The van der Waals surface area contributed by atoms with Gasteiger partial charge >= 0.3 is 5.97 Å². The molecule has 1 aromatic rings. The number of methoxy groups -OCH3 is 1. The predicted molar refractivity (Wildman–Crippen MR) is 81.5 cm³/mol. The second-order valence-electron chi connectivity index (χ2n) is 6.43. The molecule has 2 saturated carbocycles. The third-order valence-electron chi connectivity index (χ3n) is 5.11. The standard InChI is InChI=1S/C17H22N2O3/c1-22-17(21)15-8-14(9-18-10-15)16(20)19-5-4-13-7-11-2-3-12(13)6-11/h8-13H,2-7H2,1H3,(H,19,20)/t11-,12-,13-/m0/s1. The van der Waals surface area contributed by atoms with E-state index in [1.54, 1.807) is 0 Å². The summed E-state index contributed by atoms with van der Waals surface area (Å²) in [4.78, 5) is 27.5. The Morgan fingerprint density at radius 1 is 1.27 bits per heavy atom. The zero-order valence-electron chi connectivity index (χ0n) is 12.9. The Hall–Kier alpha value is -1.91. The number of rotatable bonds is 5. The van der Waals surface area contributed by atoms with E-state index in [0.717, 1.165) is 24.2 Å². The molecule has 0 saturated heterocycles. The summed E-state index contributed by atoms with van der Waals surface area (Å²) in [5.74, 6) is 1.93. The largest absolute Gasteiger partial charge is 0.465 e. The summed E-state index contributed by atoms with van der Waals surface area (Å²) in [6.45, 7) is 0.690. The van der Waals surface area contributed by atoms with Gasteiger partial charge in [0.15, 0.2) is 0 Å². The number of carbonyl (C=O) groups excluding carboxylic acids is 2. The second kappa shape index (κ2) is 6.46. The lowest BCUT2D eigenvalue weighted by Crippen LogP contribution is -2.27. The van der Waals surface area contributed by atoms with Crippen LogP contribution in [0, 0.1) is 17.8 Å². The molecule has 0 radical (unpaired) electrons. The first-order valence-electron chi connectivity index (χ1n) is 7.99. The van der Waals surface area contributed by atoms with Crippen LogP contribution in [0.25, 0.3) is 0 Å². The third-order valence-corrected chi connectivity index (χ3v) is 5.11. The second-order valence-corrected chi connectivity index (χ2v) is 6.43. The van der Waals surface area contributed by atoms with Crippen molar-refractivity contribution in [3.05, 3.63) is 29.6 Å². The maximum absolute atomic E-state index is 12.1. The first-order valence-corrected chi connectivity index (χ1v) is 7.99. The number of nitrogens with zero attached hydrogens (tertiary/aromatic N) is 1. The number of amides is 1. The molecule has 3 rings (SSSR count). The molecule has 22 heavy (non-hydrogen) atoms. The van der Waals surface area contributed by atoms with E-state index in [1.165, 1.54) is 51.3 Å². The number of esters is 1. The molecule has 2 aliphatic rings. The number of nitrogens with one attached hydrogen (secondary N) is 1. The van der Waals surface area contributed by atoms with Crippen LogP contribution in [0.15, 0.2) is 18.5 Å². The lowest BCUT2D eigenvalue weighted by molar-refractivity contribution is 0.0600. The van der Waals surface area contributed by atoms with Crippen molar-refractivity contribution in [3.63, 3.8) is 0 Å². The molecule has 1 aromatic heterocycles.